The summed E-state index contributed by atoms with van der Waals surface area (Å²) in [6.45, 7) is 0. The highest BCUT2D eigenvalue weighted by molar-refractivity contribution is 7.13. The average molecular weight is 288 g/mol. The van der Waals surface area contributed by atoms with Gasteiger partial charge in [-0.15, -0.1) is 11.3 Å². The maximum absolute atomic E-state index is 10.6. The third kappa shape index (κ3) is 2.97. The summed E-state index contributed by atoms with van der Waals surface area (Å²) in [5.41, 5.74) is 1.24. The van der Waals surface area contributed by atoms with Gasteiger partial charge in [0.2, 0.25) is 0 Å². The Morgan fingerprint density at radius 3 is 2.88 bits per heavy atom. The number of carboxylic acids is 1. The van der Waals surface area contributed by atoms with E-state index in [1.807, 2.05) is 0 Å². The Labute approximate surface area is 112 Å². The lowest BCUT2D eigenvalue weighted by Crippen LogP contribution is -1.99. The van der Waals surface area contributed by atoms with Crippen molar-refractivity contribution in [1.29, 1.82) is 0 Å². The lowest BCUT2D eigenvalue weighted by atomic mass is 10.2. The Hall–Kier alpha value is -1.10. The molecule has 1 N–H and O–H groups in total. The van der Waals surface area contributed by atoms with Gasteiger partial charge in [-0.3, -0.25) is 4.79 Å². The van der Waals surface area contributed by atoms with E-state index < -0.39 is 5.97 Å². The molecular formula is C11H7Cl2NO2S. The van der Waals surface area contributed by atoms with Crippen LogP contribution in [0.5, 0.6) is 0 Å². The first-order valence-electron chi connectivity index (χ1n) is 4.68. The van der Waals surface area contributed by atoms with E-state index in [1.165, 1.54) is 11.3 Å². The Morgan fingerprint density at radius 2 is 2.18 bits per heavy atom. The van der Waals surface area contributed by atoms with Crippen LogP contribution in [-0.4, -0.2) is 16.1 Å². The van der Waals surface area contributed by atoms with E-state index in [0.717, 1.165) is 5.56 Å². The predicted molar refractivity (Wildman–Crippen MR) is 68.9 cm³/mol. The van der Waals surface area contributed by atoms with Crippen LogP contribution in [0.25, 0.3) is 10.6 Å². The van der Waals surface area contributed by atoms with Crippen LogP contribution in [0.1, 0.15) is 5.69 Å². The molecule has 6 heteroatoms. The molecule has 17 heavy (non-hydrogen) atoms. The number of hydrogen-bond acceptors (Lipinski definition) is 3. The fourth-order valence-electron chi connectivity index (χ4n) is 1.33. The van der Waals surface area contributed by atoms with Crippen molar-refractivity contribution in [3.8, 4) is 10.6 Å². The summed E-state index contributed by atoms with van der Waals surface area (Å²) in [5, 5.41) is 12.2. The molecule has 88 valence electrons. The molecular weight excluding hydrogens is 281 g/mol. The lowest BCUT2D eigenvalue weighted by molar-refractivity contribution is -0.136. The van der Waals surface area contributed by atoms with Gasteiger partial charge in [-0.2, -0.15) is 0 Å². The van der Waals surface area contributed by atoms with Crippen molar-refractivity contribution in [1.82, 2.24) is 4.98 Å². The maximum atomic E-state index is 10.6. The molecule has 0 aliphatic carbocycles. The molecule has 1 aromatic carbocycles. The highest BCUT2D eigenvalue weighted by atomic mass is 35.5. The fraction of sp³-hybridized carbons (Fsp3) is 0.0909. The zero-order chi connectivity index (χ0) is 12.4. The molecule has 3 nitrogen and oxygen atoms in total. The highest BCUT2D eigenvalue weighted by Gasteiger charge is 2.11. The van der Waals surface area contributed by atoms with Crippen molar-refractivity contribution in [2.24, 2.45) is 0 Å². The van der Waals surface area contributed by atoms with Crippen molar-refractivity contribution >= 4 is 40.5 Å². The van der Waals surface area contributed by atoms with E-state index in [-0.39, 0.29) is 6.42 Å². The number of carboxylic acid groups (broad SMARTS) is 1. The summed E-state index contributed by atoms with van der Waals surface area (Å²) < 4.78 is 0. The molecule has 2 aromatic rings. The number of thiazole rings is 1. The Kier molecular flexibility index (Phi) is 3.66. The number of aromatic nitrogens is 1. The van der Waals surface area contributed by atoms with Crippen LogP contribution in [0.3, 0.4) is 0 Å². The minimum absolute atomic E-state index is 0.0886. The number of nitrogens with zero attached hydrogens (tertiary/aromatic N) is 1. The molecule has 0 fully saturated rings. The Bertz CT molecular complexity index is 568. The number of benzene rings is 1. The summed E-state index contributed by atoms with van der Waals surface area (Å²) in [7, 11) is 0. The van der Waals surface area contributed by atoms with Gasteiger partial charge in [0.1, 0.15) is 5.01 Å². The van der Waals surface area contributed by atoms with Crippen molar-refractivity contribution in [2.75, 3.05) is 0 Å². The molecule has 0 radical (unpaired) electrons. The molecule has 0 unspecified atom stereocenters. The molecule has 0 saturated heterocycles. The number of rotatable bonds is 3. The van der Waals surface area contributed by atoms with E-state index in [4.69, 9.17) is 28.3 Å². The van der Waals surface area contributed by atoms with Gasteiger partial charge in [0.15, 0.2) is 0 Å². The molecule has 0 aliphatic heterocycles. The van der Waals surface area contributed by atoms with Crippen LogP contribution in [-0.2, 0) is 11.2 Å². The predicted octanol–water partition coefficient (Wildman–Crippen LogP) is 3.74. The topological polar surface area (TPSA) is 50.2 Å². The smallest absolute Gasteiger partial charge is 0.309 e. The SMILES string of the molecule is O=C(O)Cc1csc(-c2cc(Cl)ccc2Cl)n1. The van der Waals surface area contributed by atoms with E-state index in [1.54, 1.807) is 23.6 Å². The summed E-state index contributed by atoms with van der Waals surface area (Å²) >= 11 is 13.3. The third-order valence-corrected chi connectivity index (χ3v) is 3.53. The Balaban J connectivity index is 2.36. The van der Waals surface area contributed by atoms with Crippen LogP contribution >= 0.6 is 34.5 Å². The second-order valence-corrected chi connectivity index (χ2v) is 5.04. The van der Waals surface area contributed by atoms with E-state index in [9.17, 15) is 4.79 Å². The van der Waals surface area contributed by atoms with Gasteiger partial charge in [-0.25, -0.2) is 4.98 Å². The monoisotopic (exact) mass is 287 g/mol. The minimum Gasteiger partial charge on any atom is -0.481 e. The lowest BCUT2D eigenvalue weighted by Gasteiger charge is -2.00. The van der Waals surface area contributed by atoms with Crippen LogP contribution < -0.4 is 0 Å². The van der Waals surface area contributed by atoms with Gasteiger partial charge in [0, 0.05) is 16.0 Å². The van der Waals surface area contributed by atoms with Crippen molar-refractivity contribution in [3.05, 3.63) is 39.3 Å². The van der Waals surface area contributed by atoms with E-state index in [2.05, 4.69) is 4.98 Å². The quantitative estimate of drug-likeness (QED) is 0.935. The molecule has 0 aliphatic rings. The van der Waals surface area contributed by atoms with E-state index >= 15 is 0 Å². The first-order chi connectivity index (χ1) is 8.06. The van der Waals surface area contributed by atoms with Crippen molar-refractivity contribution in [2.45, 2.75) is 6.42 Å². The standard InChI is InChI=1S/C11H7Cl2NO2S/c12-6-1-2-9(13)8(3-6)11-14-7(5-17-11)4-10(15)16/h1-3,5H,4H2,(H,15,16). The molecule has 0 spiro atoms. The molecule has 1 heterocycles. The average Bonchev–Trinajstić information content (AvgIpc) is 2.69. The summed E-state index contributed by atoms with van der Waals surface area (Å²) in [6.07, 6.45) is -0.0886. The first kappa shape index (κ1) is 12.4. The number of aliphatic carboxylic acids is 1. The van der Waals surface area contributed by atoms with Gasteiger partial charge >= 0.3 is 5.97 Å². The maximum Gasteiger partial charge on any atom is 0.309 e. The van der Waals surface area contributed by atoms with Gasteiger partial charge in [0.25, 0.3) is 0 Å². The number of carbonyl (C=O) groups is 1. The van der Waals surface area contributed by atoms with Gasteiger partial charge in [-0.05, 0) is 18.2 Å². The molecule has 2 rings (SSSR count). The first-order valence-corrected chi connectivity index (χ1v) is 6.31. The number of halogens is 2. The van der Waals surface area contributed by atoms with E-state index in [0.29, 0.717) is 20.7 Å². The summed E-state index contributed by atoms with van der Waals surface area (Å²) in [6, 6.07) is 5.10. The minimum atomic E-state index is -0.904. The third-order valence-electron chi connectivity index (χ3n) is 2.04. The molecule has 1 aromatic heterocycles. The van der Waals surface area contributed by atoms with Crippen molar-refractivity contribution in [3.63, 3.8) is 0 Å². The second-order valence-electron chi connectivity index (χ2n) is 3.34. The summed E-state index contributed by atoms with van der Waals surface area (Å²) in [5.74, 6) is -0.904. The zero-order valence-corrected chi connectivity index (χ0v) is 10.8. The van der Waals surface area contributed by atoms with Gasteiger partial charge in [-0.1, -0.05) is 23.2 Å². The van der Waals surface area contributed by atoms with Crippen molar-refractivity contribution < 1.29 is 9.90 Å². The molecule has 0 bridgehead atoms. The van der Waals surface area contributed by atoms with Crippen LogP contribution in [0, 0.1) is 0 Å². The highest BCUT2D eigenvalue weighted by Crippen LogP contribution is 2.32. The van der Waals surface area contributed by atoms with Crippen LogP contribution in [0.4, 0.5) is 0 Å². The molecule has 0 amide bonds. The van der Waals surface area contributed by atoms with Crippen LogP contribution in [0.2, 0.25) is 10.0 Å². The fourth-order valence-corrected chi connectivity index (χ4v) is 2.61. The largest absolute Gasteiger partial charge is 0.481 e. The molecule has 0 atom stereocenters. The summed E-state index contributed by atoms with van der Waals surface area (Å²) in [4.78, 5) is 14.8. The molecule has 0 saturated carbocycles. The second kappa shape index (κ2) is 5.04. The van der Waals surface area contributed by atoms with Gasteiger partial charge < -0.3 is 5.11 Å². The normalized spacial score (nSPS) is 10.5. The number of hydrogen-bond donors (Lipinski definition) is 1. The van der Waals surface area contributed by atoms with Gasteiger partial charge in [0.05, 0.1) is 17.1 Å². The van der Waals surface area contributed by atoms with Crippen LogP contribution in [0.15, 0.2) is 23.6 Å². The zero-order valence-electron chi connectivity index (χ0n) is 8.48. The Morgan fingerprint density at radius 1 is 1.41 bits per heavy atom.